The highest BCUT2D eigenvalue weighted by Crippen LogP contribution is 2.28. The second-order valence-corrected chi connectivity index (χ2v) is 6.77. The molecule has 2 saturated heterocycles. The molecule has 1 aromatic rings. The minimum absolute atomic E-state index is 0.0150. The van der Waals surface area contributed by atoms with Gasteiger partial charge in [-0.25, -0.2) is 0 Å². The molecule has 3 atom stereocenters. The molecule has 0 bridgehead atoms. The molecule has 0 aromatic heterocycles. The van der Waals surface area contributed by atoms with Crippen LogP contribution in [0.4, 0.5) is 5.69 Å². The van der Waals surface area contributed by atoms with Gasteiger partial charge in [-0.15, -0.1) is 0 Å². The molecular formula is C18H26N2O2. The Kier molecular flexibility index (Phi) is 4.50. The summed E-state index contributed by atoms with van der Waals surface area (Å²) in [6.07, 6.45) is 2.69. The maximum absolute atomic E-state index is 12.9. The SMILES string of the molecule is Cc1ccc(N2CCCC(N3CCC(C(C)O)C3)C2=O)cc1. The number of carbonyl (C=O) groups is 1. The molecular weight excluding hydrogens is 276 g/mol. The van der Waals surface area contributed by atoms with Crippen LogP contribution >= 0.6 is 0 Å². The number of carbonyl (C=O) groups excluding carboxylic acids is 1. The number of aliphatic hydroxyl groups is 1. The summed E-state index contributed by atoms with van der Waals surface area (Å²) in [6, 6.07) is 8.19. The lowest BCUT2D eigenvalue weighted by Crippen LogP contribution is -2.52. The number of likely N-dealkylation sites (tertiary alicyclic amines) is 1. The van der Waals surface area contributed by atoms with Crippen LogP contribution in [0.2, 0.25) is 0 Å². The third-order valence-electron chi connectivity index (χ3n) is 5.14. The Hall–Kier alpha value is -1.39. The number of aliphatic hydroxyl groups excluding tert-OH is 1. The molecule has 1 amide bonds. The van der Waals surface area contributed by atoms with Gasteiger partial charge in [-0.1, -0.05) is 17.7 Å². The van der Waals surface area contributed by atoms with E-state index in [0.717, 1.165) is 44.6 Å². The highest BCUT2D eigenvalue weighted by atomic mass is 16.3. The Morgan fingerprint density at radius 1 is 1.18 bits per heavy atom. The van der Waals surface area contributed by atoms with Gasteiger partial charge in [0.2, 0.25) is 5.91 Å². The van der Waals surface area contributed by atoms with Gasteiger partial charge < -0.3 is 10.0 Å². The summed E-state index contributed by atoms with van der Waals surface area (Å²) in [7, 11) is 0. The molecule has 2 fully saturated rings. The van der Waals surface area contributed by atoms with Crippen molar-refractivity contribution in [2.75, 3.05) is 24.5 Å². The number of hydrogen-bond donors (Lipinski definition) is 1. The largest absolute Gasteiger partial charge is 0.393 e. The van der Waals surface area contributed by atoms with Crippen LogP contribution in [-0.2, 0) is 4.79 Å². The highest BCUT2D eigenvalue weighted by molar-refractivity contribution is 5.97. The average molecular weight is 302 g/mol. The van der Waals surface area contributed by atoms with Gasteiger partial charge in [-0.3, -0.25) is 9.69 Å². The van der Waals surface area contributed by atoms with Crippen molar-refractivity contribution >= 4 is 11.6 Å². The minimum Gasteiger partial charge on any atom is -0.393 e. The molecule has 0 radical (unpaired) electrons. The normalized spacial score (nSPS) is 28.1. The lowest BCUT2D eigenvalue weighted by molar-refractivity contribution is -0.125. The van der Waals surface area contributed by atoms with Gasteiger partial charge in [0.25, 0.3) is 0 Å². The van der Waals surface area contributed by atoms with Crippen LogP contribution in [0.25, 0.3) is 0 Å². The van der Waals surface area contributed by atoms with E-state index in [9.17, 15) is 9.90 Å². The summed E-state index contributed by atoms with van der Waals surface area (Å²) in [5, 5.41) is 9.77. The first-order valence-corrected chi connectivity index (χ1v) is 8.36. The lowest BCUT2D eigenvalue weighted by atomic mass is 10.0. The third-order valence-corrected chi connectivity index (χ3v) is 5.14. The number of benzene rings is 1. The lowest BCUT2D eigenvalue weighted by Gasteiger charge is -2.37. The van der Waals surface area contributed by atoms with Crippen LogP contribution in [0.5, 0.6) is 0 Å². The van der Waals surface area contributed by atoms with Gasteiger partial charge in [0, 0.05) is 18.8 Å². The van der Waals surface area contributed by atoms with Crippen LogP contribution in [0.15, 0.2) is 24.3 Å². The summed E-state index contributed by atoms with van der Waals surface area (Å²) >= 11 is 0. The average Bonchev–Trinajstić information content (AvgIpc) is 2.98. The summed E-state index contributed by atoms with van der Waals surface area (Å²) in [6.45, 7) is 6.50. The Morgan fingerprint density at radius 2 is 1.91 bits per heavy atom. The third kappa shape index (κ3) is 3.03. The molecule has 2 aliphatic heterocycles. The van der Waals surface area contributed by atoms with Crippen molar-refractivity contribution in [1.29, 1.82) is 0 Å². The molecule has 22 heavy (non-hydrogen) atoms. The van der Waals surface area contributed by atoms with Crippen molar-refractivity contribution in [3.05, 3.63) is 29.8 Å². The number of amides is 1. The Balaban J connectivity index is 1.72. The summed E-state index contributed by atoms with van der Waals surface area (Å²) < 4.78 is 0. The topological polar surface area (TPSA) is 43.8 Å². The minimum atomic E-state index is -0.281. The molecule has 1 aromatic carbocycles. The van der Waals surface area contributed by atoms with Gasteiger partial charge in [-0.05, 0) is 57.7 Å². The van der Waals surface area contributed by atoms with E-state index < -0.39 is 0 Å². The monoisotopic (exact) mass is 302 g/mol. The van der Waals surface area contributed by atoms with E-state index in [2.05, 4.69) is 24.0 Å². The highest BCUT2D eigenvalue weighted by Gasteiger charge is 2.38. The van der Waals surface area contributed by atoms with Crippen molar-refractivity contribution in [2.24, 2.45) is 5.92 Å². The van der Waals surface area contributed by atoms with Crippen LogP contribution < -0.4 is 4.90 Å². The van der Waals surface area contributed by atoms with E-state index in [-0.39, 0.29) is 18.1 Å². The molecule has 1 N–H and O–H groups in total. The number of nitrogens with zero attached hydrogens (tertiary/aromatic N) is 2. The number of anilines is 1. The van der Waals surface area contributed by atoms with Crippen molar-refractivity contribution < 1.29 is 9.90 Å². The molecule has 0 saturated carbocycles. The first kappa shape index (κ1) is 15.5. The fourth-order valence-corrected chi connectivity index (χ4v) is 3.67. The van der Waals surface area contributed by atoms with Gasteiger partial charge in [0.05, 0.1) is 12.1 Å². The second kappa shape index (κ2) is 6.39. The predicted molar refractivity (Wildman–Crippen MR) is 87.9 cm³/mol. The van der Waals surface area contributed by atoms with Crippen LogP contribution in [0.1, 0.15) is 31.7 Å². The summed E-state index contributed by atoms with van der Waals surface area (Å²) in [5.41, 5.74) is 2.22. The van der Waals surface area contributed by atoms with Crippen molar-refractivity contribution in [1.82, 2.24) is 4.90 Å². The summed E-state index contributed by atoms with van der Waals surface area (Å²) in [4.78, 5) is 17.1. The molecule has 0 spiro atoms. The van der Waals surface area contributed by atoms with Gasteiger partial charge in [0.15, 0.2) is 0 Å². The molecule has 3 rings (SSSR count). The first-order chi connectivity index (χ1) is 10.6. The quantitative estimate of drug-likeness (QED) is 0.931. The molecule has 4 nitrogen and oxygen atoms in total. The maximum Gasteiger partial charge on any atom is 0.244 e. The number of rotatable bonds is 3. The molecule has 120 valence electrons. The van der Waals surface area contributed by atoms with Gasteiger partial charge >= 0.3 is 0 Å². The van der Waals surface area contributed by atoms with E-state index in [0.29, 0.717) is 5.92 Å². The van der Waals surface area contributed by atoms with Crippen molar-refractivity contribution in [2.45, 2.75) is 45.3 Å². The Morgan fingerprint density at radius 3 is 2.55 bits per heavy atom. The Labute approximate surface area is 132 Å². The first-order valence-electron chi connectivity index (χ1n) is 8.36. The fourth-order valence-electron chi connectivity index (χ4n) is 3.67. The standard InChI is InChI=1S/C18H26N2O2/c1-13-5-7-16(8-6-13)20-10-3-4-17(18(20)22)19-11-9-15(12-19)14(2)21/h5-8,14-15,17,21H,3-4,9-12H2,1-2H3. The molecule has 2 heterocycles. The van der Waals surface area contributed by atoms with Crippen LogP contribution in [0.3, 0.4) is 0 Å². The number of piperidine rings is 1. The van der Waals surface area contributed by atoms with Crippen LogP contribution in [-0.4, -0.2) is 47.7 Å². The van der Waals surface area contributed by atoms with E-state index in [1.165, 1.54) is 5.56 Å². The summed E-state index contributed by atoms with van der Waals surface area (Å²) in [5.74, 6) is 0.531. The fraction of sp³-hybridized carbons (Fsp3) is 0.611. The smallest absolute Gasteiger partial charge is 0.244 e. The zero-order valence-electron chi connectivity index (χ0n) is 13.5. The predicted octanol–water partition coefficient (Wildman–Crippen LogP) is 2.19. The molecule has 0 aliphatic carbocycles. The van der Waals surface area contributed by atoms with Gasteiger partial charge in [-0.2, -0.15) is 0 Å². The maximum atomic E-state index is 12.9. The zero-order chi connectivity index (χ0) is 15.7. The zero-order valence-corrected chi connectivity index (χ0v) is 13.5. The number of hydrogen-bond acceptors (Lipinski definition) is 3. The van der Waals surface area contributed by atoms with Crippen molar-refractivity contribution in [3.63, 3.8) is 0 Å². The Bertz CT molecular complexity index is 526. The van der Waals surface area contributed by atoms with E-state index >= 15 is 0 Å². The molecule has 4 heteroatoms. The number of aryl methyl sites for hydroxylation is 1. The van der Waals surface area contributed by atoms with E-state index in [1.54, 1.807) is 0 Å². The van der Waals surface area contributed by atoms with Gasteiger partial charge in [0.1, 0.15) is 0 Å². The molecule has 2 aliphatic rings. The second-order valence-electron chi connectivity index (χ2n) is 6.77. The molecule has 3 unspecified atom stereocenters. The van der Waals surface area contributed by atoms with E-state index in [4.69, 9.17) is 0 Å². The van der Waals surface area contributed by atoms with Crippen molar-refractivity contribution in [3.8, 4) is 0 Å². The van der Waals surface area contributed by atoms with Crippen LogP contribution in [0, 0.1) is 12.8 Å². The van der Waals surface area contributed by atoms with E-state index in [1.807, 2.05) is 24.0 Å².